The summed E-state index contributed by atoms with van der Waals surface area (Å²) in [6.07, 6.45) is 0.426. The molecule has 0 radical (unpaired) electrons. The van der Waals surface area contributed by atoms with Crippen molar-refractivity contribution >= 4 is 17.5 Å². The Morgan fingerprint density at radius 1 is 1.19 bits per heavy atom. The summed E-state index contributed by atoms with van der Waals surface area (Å²) in [7, 11) is 0. The van der Waals surface area contributed by atoms with Crippen LogP contribution in [-0.2, 0) is 17.7 Å². The van der Waals surface area contributed by atoms with Crippen LogP contribution in [0.5, 0.6) is 0 Å². The lowest BCUT2D eigenvalue weighted by molar-refractivity contribution is 0.0224. The predicted octanol–water partition coefficient (Wildman–Crippen LogP) is 4.73. The number of hydrogen-bond acceptors (Lipinski definition) is 4. The Morgan fingerprint density at radius 3 is 2.56 bits per heavy atom. The van der Waals surface area contributed by atoms with E-state index in [9.17, 15) is 9.18 Å². The van der Waals surface area contributed by atoms with E-state index in [0.717, 1.165) is 23.2 Å². The number of ether oxygens (including phenoxy) is 1. The lowest BCUT2D eigenvalue weighted by Gasteiger charge is -2.31. The minimum atomic E-state index is -0.548. The molecule has 1 aliphatic rings. The fourth-order valence-corrected chi connectivity index (χ4v) is 2.96. The maximum atomic E-state index is 13.8. The number of anilines is 2. The first-order valence-corrected chi connectivity index (χ1v) is 8.81. The zero-order chi connectivity index (χ0) is 19.6. The summed E-state index contributed by atoms with van der Waals surface area (Å²) in [4.78, 5) is 14.0. The lowest BCUT2D eigenvalue weighted by Crippen LogP contribution is -2.39. The number of benzene rings is 2. The number of nitrogens with zero attached hydrogens (tertiary/aromatic N) is 2. The van der Waals surface area contributed by atoms with Gasteiger partial charge in [0.05, 0.1) is 5.56 Å². The average Bonchev–Trinajstić information content (AvgIpc) is 2.60. The molecule has 2 aromatic carbocycles. The molecular weight excluding hydrogens is 345 g/mol. The van der Waals surface area contributed by atoms with E-state index in [4.69, 9.17) is 10.00 Å². The van der Waals surface area contributed by atoms with Gasteiger partial charge in [0.2, 0.25) is 0 Å². The number of halogens is 1. The Balaban J connectivity index is 1.71. The highest BCUT2D eigenvalue weighted by atomic mass is 19.1. The SMILES string of the molecule is CC(C)(C)OC(=O)N1CCc2cc(Nc3ccc(C#N)c(F)c3)ccc2C1. The summed E-state index contributed by atoms with van der Waals surface area (Å²) in [6.45, 7) is 6.67. The van der Waals surface area contributed by atoms with Gasteiger partial charge in [-0.05, 0) is 68.7 Å². The molecule has 0 spiro atoms. The maximum absolute atomic E-state index is 13.8. The summed E-state index contributed by atoms with van der Waals surface area (Å²) < 4.78 is 19.2. The van der Waals surface area contributed by atoms with E-state index in [1.54, 1.807) is 11.0 Å². The van der Waals surface area contributed by atoms with E-state index in [2.05, 4.69) is 5.32 Å². The summed E-state index contributed by atoms with van der Waals surface area (Å²) in [5.74, 6) is -0.548. The van der Waals surface area contributed by atoms with Crippen molar-refractivity contribution in [1.29, 1.82) is 5.26 Å². The van der Waals surface area contributed by atoms with Crippen molar-refractivity contribution in [3.8, 4) is 6.07 Å². The minimum absolute atomic E-state index is 0.0215. The third-order valence-electron chi connectivity index (χ3n) is 4.25. The van der Waals surface area contributed by atoms with Gasteiger partial charge < -0.3 is 15.0 Å². The Kier molecular flexibility index (Phi) is 5.04. The molecule has 1 N–H and O–H groups in total. The second-order valence-electron chi connectivity index (χ2n) is 7.57. The molecule has 0 aromatic heterocycles. The van der Waals surface area contributed by atoms with Crippen molar-refractivity contribution in [2.45, 2.75) is 39.3 Å². The highest BCUT2D eigenvalue weighted by molar-refractivity contribution is 5.69. The van der Waals surface area contributed by atoms with Crippen LogP contribution in [0.2, 0.25) is 0 Å². The lowest BCUT2D eigenvalue weighted by atomic mass is 9.99. The number of rotatable bonds is 2. The third-order valence-corrected chi connectivity index (χ3v) is 4.25. The quantitative estimate of drug-likeness (QED) is 0.833. The van der Waals surface area contributed by atoms with Crippen LogP contribution in [-0.4, -0.2) is 23.1 Å². The molecule has 1 amide bonds. The molecule has 0 fully saturated rings. The molecule has 5 nitrogen and oxygen atoms in total. The van der Waals surface area contributed by atoms with E-state index < -0.39 is 11.4 Å². The predicted molar refractivity (Wildman–Crippen MR) is 101 cm³/mol. The Morgan fingerprint density at radius 2 is 1.89 bits per heavy atom. The van der Waals surface area contributed by atoms with Crippen molar-refractivity contribution in [3.63, 3.8) is 0 Å². The number of carbonyl (C=O) groups is 1. The van der Waals surface area contributed by atoms with Gasteiger partial charge in [-0.3, -0.25) is 0 Å². The van der Waals surface area contributed by atoms with Gasteiger partial charge in [0.25, 0.3) is 0 Å². The molecular formula is C21H22FN3O2. The highest BCUT2D eigenvalue weighted by Gasteiger charge is 2.25. The molecule has 1 aliphatic heterocycles. The molecule has 1 heterocycles. The van der Waals surface area contributed by atoms with E-state index in [-0.39, 0.29) is 11.7 Å². The molecule has 6 heteroatoms. The van der Waals surface area contributed by atoms with Crippen LogP contribution in [0.25, 0.3) is 0 Å². The summed E-state index contributed by atoms with van der Waals surface area (Å²) in [5, 5.41) is 12.0. The van der Waals surface area contributed by atoms with E-state index >= 15 is 0 Å². The molecule has 0 unspecified atom stereocenters. The second-order valence-corrected chi connectivity index (χ2v) is 7.57. The van der Waals surface area contributed by atoms with Crippen LogP contribution in [0.3, 0.4) is 0 Å². The van der Waals surface area contributed by atoms with Gasteiger partial charge in [-0.1, -0.05) is 6.07 Å². The first-order valence-electron chi connectivity index (χ1n) is 8.81. The second kappa shape index (κ2) is 7.28. The van der Waals surface area contributed by atoms with E-state index in [1.807, 2.05) is 45.0 Å². The van der Waals surface area contributed by atoms with Gasteiger partial charge in [0.1, 0.15) is 17.5 Å². The summed E-state index contributed by atoms with van der Waals surface area (Å²) in [6, 6.07) is 12.1. The highest BCUT2D eigenvalue weighted by Crippen LogP contribution is 2.26. The number of hydrogen-bond donors (Lipinski definition) is 1. The van der Waals surface area contributed by atoms with Gasteiger partial charge in [-0.25, -0.2) is 9.18 Å². The molecule has 0 atom stereocenters. The monoisotopic (exact) mass is 367 g/mol. The van der Waals surface area contributed by atoms with Gasteiger partial charge in [0, 0.05) is 24.5 Å². The van der Waals surface area contributed by atoms with Crippen molar-refractivity contribution in [2.75, 3.05) is 11.9 Å². The Bertz CT molecular complexity index is 913. The molecule has 0 saturated carbocycles. The van der Waals surface area contributed by atoms with Crippen molar-refractivity contribution < 1.29 is 13.9 Å². The molecule has 3 rings (SSSR count). The van der Waals surface area contributed by atoms with Crippen LogP contribution in [0, 0.1) is 17.1 Å². The van der Waals surface area contributed by atoms with Crippen LogP contribution >= 0.6 is 0 Å². The number of nitriles is 1. The largest absolute Gasteiger partial charge is 0.444 e. The number of carbonyl (C=O) groups excluding carboxylic acids is 1. The average molecular weight is 367 g/mol. The molecule has 27 heavy (non-hydrogen) atoms. The standard InChI is InChI=1S/C21H22FN3O2/c1-21(2,3)27-20(26)25-9-8-14-10-17(7-5-16(14)13-25)24-18-6-4-15(12-23)19(22)11-18/h4-7,10-11,24H,8-9,13H2,1-3H3. The fourth-order valence-electron chi connectivity index (χ4n) is 2.96. The third kappa shape index (κ3) is 4.56. The van der Waals surface area contributed by atoms with Gasteiger partial charge in [-0.2, -0.15) is 5.26 Å². The van der Waals surface area contributed by atoms with Crippen LogP contribution in [0.4, 0.5) is 20.6 Å². The van der Waals surface area contributed by atoms with Crippen LogP contribution in [0.15, 0.2) is 36.4 Å². The smallest absolute Gasteiger partial charge is 0.410 e. The minimum Gasteiger partial charge on any atom is -0.444 e. The molecule has 140 valence electrons. The van der Waals surface area contributed by atoms with Crippen molar-refractivity contribution in [2.24, 2.45) is 0 Å². The number of fused-ring (bicyclic) bond motifs is 1. The first kappa shape index (κ1) is 18.7. The summed E-state index contributed by atoms with van der Waals surface area (Å²) in [5.41, 5.74) is 3.15. The molecule has 0 saturated heterocycles. The van der Waals surface area contributed by atoms with Crippen LogP contribution in [0.1, 0.15) is 37.5 Å². The van der Waals surface area contributed by atoms with Crippen molar-refractivity contribution in [1.82, 2.24) is 4.90 Å². The zero-order valence-electron chi connectivity index (χ0n) is 15.7. The fraction of sp³-hybridized carbons (Fsp3) is 0.333. The maximum Gasteiger partial charge on any atom is 0.410 e. The Labute approximate surface area is 158 Å². The summed E-state index contributed by atoms with van der Waals surface area (Å²) >= 11 is 0. The van der Waals surface area contributed by atoms with Crippen LogP contribution < -0.4 is 5.32 Å². The van der Waals surface area contributed by atoms with Gasteiger partial charge in [-0.15, -0.1) is 0 Å². The zero-order valence-corrected chi connectivity index (χ0v) is 15.7. The van der Waals surface area contributed by atoms with E-state index in [0.29, 0.717) is 18.8 Å². The molecule has 0 bridgehead atoms. The van der Waals surface area contributed by atoms with Gasteiger partial charge in [0.15, 0.2) is 0 Å². The first-order chi connectivity index (χ1) is 12.7. The Hall–Kier alpha value is -3.07. The van der Waals surface area contributed by atoms with Crippen molar-refractivity contribution in [3.05, 3.63) is 58.9 Å². The number of amides is 1. The topological polar surface area (TPSA) is 65.4 Å². The normalized spacial score (nSPS) is 13.5. The van der Waals surface area contributed by atoms with Gasteiger partial charge >= 0.3 is 6.09 Å². The van der Waals surface area contributed by atoms with E-state index in [1.165, 1.54) is 12.1 Å². The molecule has 0 aliphatic carbocycles. The molecule has 2 aromatic rings. The number of nitrogens with one attached hydrogen (secondary N) is 1.